The first-order valence-electron chi connectivity index (χ1n) is 8.91. The van der Waals surface area contributed by atoms with Crippen LogP contribution in [-0.2, 0) is 0 Å². The van der Waals surface area contributed by atoms with E-state index in [-0.39, 0.29) is 17.4 Å². The molecule has 140 valence electrons. The lowest BCUT2D eigenvalue weighted by molar-refractivity contribution is 0.403. The minimum absolute atomic E-state index is 0.178. The van der Waals surface area contributed by atoms with Crippen molar-refractivity contribution < 1.29 is 14.6 Å². The van der Waals surface area contributed by atoms with Crippen LogP contribution in [0.15, 0.2) is 88.3 Å². The van der Waals surface area contributed by atoms with Gasteiger partial charge in [0.25, 0.3) is 0 Å². The maximum Gasteiger partial charge on any atom is 0.238 e. The van der Waals surface area contributed by atoms with Crippen molar-refractivity contribution in [1.29, 1.82) is 5.26 Å². The fraction of sp³-hybridized carbons (Fsp3) is 0. The molecule has 0 atom stereocenters. The molecule has 4 aromatic rings. The van der Waals surface area contributed by atoms with E-state index in [1.54, 1.807) is 6.07 Å². The number of hydrogen-bond donors (Lipinski definition) is 2. The van der Waals surface area contributed by atoms with Gasteiger partial charge >= 0.3 is 0 Å². The van der Waals surface area contributed by atoms with Gasteiger partial charge in [-0.05, 0) is 29.3 Å². The van der Waals surface area contributed by atoms with Gasteiger partial charge in [-0.25, -0.2) is 4.99 Å². The minimum Gasteiger partial charge on any atom is -0.504 e. The van der Waals surface area contributed by atoms with E-state index in [1.165, 1.54) is 18.3 Å². The molecule has 0 radical (unpaired) electrons. The Morgan fingerprint density at radius 3 is 2.10 bits per heavy atom. The predicted octanol–water partition coefficient (Wildman–Crippen LogP) is 5.65. The first kappa shape index (κ1) is 18.1. The van der Waals surface area contributed by atoms with Gasteiger partial charge in [-0.1, -0.05) is 60.7 Å². The van der Waals surface area contributed by atoms with Gasteiger partial charge in [-0.3, -0.25) is 0 Å². The summed E-state index contributed by atoms with van der Waals surface area (Å²) in [5.74, 6) is 0.284. The van der Waals surface area contributed by atoms with Crippen LogP contribution in [0.1, 0.15) is 11.1 Å². The lowest BCUT2D eigenvalue weighted by Gasteiger charge is -2.03. The lowest BCUT2D eigenvalue weighted by atomic mass is 9.98. The van der Waals surface area contributed by atoms with Crippen molar-refractivity contribution in [2.75, 3.05) is 0 Å². The molecule has 1 aromatic heterocycles. The maximum atomic E-state index is 9.84. The number of nitrogens with zero attached hydrogens (tertiary/aromatic N) is 2. The van der Waals surface area contributed by atoms with Crippen molar-refractivity contribution >= 4 is 12.1 Å². The van der Waals surface area contributed by atoms with Gasteiger partial charge in [0.1, 0.15) is 17.4 Å². The van der Waals surface area contributed by atoms with Crippen LogP contribution in [0.4, 0.5) is 5.88 Å². The SMILES string of the molecule is N#Cc1c(N=Cc2ccc(O)c(O)c2)oc(-c2ccccc2)c1-c1ccccc1. The Kier molecular flexibility index (Phi) is 4.83. The fourth-order valence-corrected chi connectivity index (χ4v) is 3.04. The number of aliphatic imine (C=N–C) groups is 1. The molecule has 0 fully saturated rings. The second kappa shape index (κ2) is 7.75. The van der Waals surface area contributed by atoms with Crippen LogP contribution in [0.2, 0.25) is 0 Å². The standard InChI is InChI=1S/C24H16N2O3/c25-14-19-22(17-7-3-1-4-8-17)23(18-9-5-2-6-10-18)29-24(19)26-15-16-11-12-20(27)21(28)13-16/h1-13,15,27-28H. The van der Waals surface area contributed by atoms with Crippen molar-refractivity contribution in [3.05, 3.63) is 90.0 Å². The molecule has 0 saturated heterocycles. The molecule has 29 heavy (non-hydrogen) atoms. The summed E-state index contributed by atoms with van der Waals surface area (Å²) >= 11 is 0. The Morgan fingerprint density at radius 1 is 0.828 bits per heavy atom. The molecule has 0 saturated carbocycles. The summed E-state index contributed by atoms with van der Waals surface area (Å²) < 4.78 is 6.02. The number of furan rings is 1. The summed E-state index contributed by atoms with van der Waals surface area (Å²) in [6.45, 7) is 0. The zero-order chi connectivity index (χ0) is 20.2. The van der Waals surface area contributed by atoms with E-state index in [0.717, 1.165) is 11.1 Å². The molecule has 1 heterocycles. The molecule has 0 spiro atoms. The number of phenols is 2. The van der Waals surface area contributed by atoms with Gasteiger partial charge in [0, 0.05) is 17.3 Å². The summed E-state index contributed by atoms with van der Waals surface area (Å²) in [4.78, 5) is 4.34. The number of rotatable bonds is 4. The minimum atomic E-state index is -0.246. The Labute approximate surface area is 167 Å². The summed E-state index contributed by atoms with van der Waals surface area (Å²) in [6, 6.07) is 25.7. The number of phenolic OH excluding ortho intramolecular Hbond substituents is 2. The zero-order valence-electron chi connectivity index (χ0n) is 15.3. The first-order valence-corrected chi connectivity index (χ1v) is 8.91. The highest BCUT2D eigenvalue weighted by Gasteiger charge is 2.22. The molecule has 5 nitrogen and oxygen atoms in total. The molecule has 3 aromatic carbocycles. The monoisotopic (exact) mass is 380 g/mol. The second-order valence-corrected chi connectivity index (χ2v) is 6.34. The van der Waals surface area contributed by atoms with Crippen molar-refractivity contribution in [3.8, 4) is 40.0 Å². The molecule has 0 bridgehead atoms. The van der Waals surface area contributed by atoms with E-state index < -0.39 is 0 Å². The average Bonchev–Trinajstić information content (AvgIpc) is 3.14. The zero-order valence-corrected chi connectivity index (χ0v) is 15.3. The van der Waals surface area contributed by atoms with E-state index in [0.29, 0.717) is 22.5 Å². The summed E-state index contributed by atoms with van der Waals surface area (Å²) in [6.07, 6.45) is 1.47. The summed E-state index contributed by atoms with van der Waals surface area (Å²) in [5, 5.41) is 28.9. The number of aromatic hydroxyl groups is 2. The Bertz CT molecular complexity index is 1220. The molecule has 0 aliphatic heterocycles. The van der Waals surface area contributed by atoms with E-state index in [4.69, 9.17) is 4.42 Å². The number of nitriles is 1. The molecule has 2 N–H and O–H groups in total. The van der Waals surface area contributed by atoms with E-state index in [1.807, 2.05) is 60.7 Å². The van der Waals surface area contributed by atoms with Crippen LogP contribution in [0.25, 0.3) is 22.5 Å². The van der Waals surface area contributed by atoms with Crippen LogP contribution in [0, 0.1) is 11.3 Å². The number of benzene rings is 3. The summed E-state index contributed by atoms with van der Waals surface area (Å²) in [5.41, 5.74) is 3.26. The Balaban J connectivity index is 1.87. The molecular weight excluding hydrogens is 364 g/mol. The van der Waals surface area contributed by atoms with Gasteiger partial charge in [0.2, 0.25) is 5.88 Å². The van der Waals surface area contributed by atoms with Crippen LogP contribution in [0.3, 0.4) is 0 Å². The third-order valence-electron chi connectivity index (χ3n) is 4.43. The van der Waals surface area contributed by atoms with Crippen LogP contribution in [-0.4, -0.2) is 16.4 Å². The van der Waals surface area contributed by atoms with E-state index in [2.05, 4.69) is 11.1 Å². The average molecular weight is 380 g/mol. The van der Waals surface area contributed by atoms with Crippen molar-refractivity contribution in [2.24, 2.45) is 4.99 Å². The van der Waals surface area contributed by atoms with Crippen molar-refractivity contribution in [1.82, 2.24) is 0 Å². The highest BCUT2D eigenvalue weighted by molar-refractivity contribution is 5.90. The highest BCUT2D eigenvalue weighted by atomic mass is 16.4. The molecule has 0 aliphatic rings. The van der Waals surface area contributed by atoms with E-state index >= 15 is 0 Å². The maximum absolute atomic E-state index is 9.84. The third kappa shape index (κ3) is 3.60. The Morgan fingerprint density at radius 2 is 1.48 bits per heavy atom. The van der Waals surface area contributed by atoms with Crippen LogP contribution < -0.4 is 0 Å². The molecule has 0 aliphatic carbocycles. The van der Waals surface area contributed by atoms with E-state index in [9.17, 15) is 15.5 Å². The van der Waals surface area contributed by atoms with Crippen molar-refractivity contribution in [3.63, 3.8) is 0 Å². The lowest BCUT2D eigenvalue weighted by Crippen LogP contribution is -1.83. The predicted molar refractivity (Wildman–Crippen MR) is 111 cm³/mol. The smallest absolute Gasteiger partial charge is 0.238 e. The summed E-state index contributed by atoms with van der Waals surface area (Å²) in [7, 11) is 0. The van der Waals surface area contributed by atoms with Gasteiger partial charge < -0.3 is 14.6 Å². The molecule has 4 rings (SSSR count). The van der Waals surface area contributed by atoms with Gasteiger partial charge in [0.15, 0.2) is 11.5 Å². The molecule has 5 heteroatoms. The normalized spacial score (nSPS) is 10.9. The van der Waals surface area contributed by atoms with Crippen molar-refractivity contribution in [2.45, 2.75) is 0 Å². The largest absolute Gasteiger partial charge is 0.504 e. The molecule has 0 unspecified atom stereocenters. The third-order valence-corrected chi connectivity index (χ3v) is 4.43. The number of hydrogen-bond acceptors (Lipinski definition) is 5. The van der Waals surface area contributed by atoms with Gasteiger partial charge in [-0.15, -0.1) is 0 Å². The topological polar surface area (TPSA) is 89.8 Å². The Hall–Kier alpha value is -4.30. The quantitative estimate of drug-likeness (QED) is 0.354. The van der Waals surface area contributed by atoms with Gasteiger partial charge in [0.05, 0.1) is 0 Å². The molecule has 0 amide bonds. The fourth-order valence-electron chi connectivity index (χ4n) is 3.04. The second-order valence-electron chi connectivity index (χ2n) is 6.34. The molecular formula is C24H16N2O3. The van der Waals surface area contributed by atoms with Gasteiger partial charge in [-0.2, -0.15) is 5.26 Å². The van der Waals surface area contributed by atoms with Crippen LogP contribution in [0.5, 0.6) is 11.5 Å². The highest BCUT2D eigenvalue weighted by Crippen LogP contribution is 2.42. The van der Waals surface area contributed by atoms with Crippen LogP contribution >= 0.6 is 0 Å². The first-order chi connectivity index (χ1) is 14.2.